The Morgan fingerprint density at radius 2 is 2.06 bits per heavy atom. The first-order chi connectivity index (χ1) is 7.74. The molecule has 0 unspecified atom stereocenters. The number of anilines is 1. The second-order valence-corrected chi connectivity index (χ2v) is 3.69. The van der Waals surface area contributed by atoms with Crippen molar-refractivity contribution in [3.8, 4) is 11.5 Å². The first-order valence-electron chi connectivity index (χ1n) is 5.25. The van der Waals surface area contributed by atoms with Crippen molar-refractivity contribution >= 4 is 5.69 Å². The summed E-state index contributed by atoms with van der Waals surface area (Å²) in [7, 11) is 1.41. The second kappa shape index (κ2) is 4.57. The smallest absolute Gasteiger partial charge is 0.192 e. The maximum absolute atomic E-state index is 14.0. The Labute approximate surface area is 93.6 Å². The molecule has 4 nitrogen and oxygen atoms in total. The van der Waals surface area contributed by atoms with E-state index in [-0.39, 0.29) is 17.2 Å². The molecule has 0 radical (unpaired) electrons. The lowest BCUT2D eigenvalue weighted by Crippen LogP contribution is -2.43. The van der Waals surface area contributed by atoms with Gasteiger partial charge in [-0.05, 0) is 12.1 Å². The number of aromatic hydroxyl groups is 1. The molecule has 1 fully saturated rings. The van der Waals surface area contributed by atoms with E-state index in [1.165, 1.54) is 19.2 Å². The number of phenols is 1. The van der Waals surface area contributed by atoms with E-state index in [1.54, 1.807) is 0 Å². The highest BCUT2D eigenvalue weighted by Crippen LogP contribution is 2.35. The Balaban J connectivity index is 2.37. The zero-order valence-corrected chi connectivity index (χ0v) is 9.16. The Kier molecular flexibility index (Phi) is 3.14. The molecule has 0 atom stereocenters. The molecule has 1 saturated heterocycles. The van der Waals surface area contributed by atoms with Crippen molar-refractivity contribution in [1.82, 2.24) is 5.32 Å². The van der Waals surface area contributed by atoms with Crippen LogP contribution >= 0.6 is 0 Å². The lowest BCUT2D eigenvalue weighted by Gasteiger charge is -2.30. The topological polar surface area (TPSA) is 44.7 Å². The van der Waals surface area contributed by atoms with Crippen LogP contribution in [0.15, 0.2) is 12.1 Å². The number of nitrogens with zero attached hydrogens (tertiary/aromatic N) is 1. The van der Waals surface area contributed by atoms with Gasteiger partial charge in [-0.15, -0.1) is 0 Å². The zero-order valence-electron chi connectivity index (χ0n) is 9.16. The van der Waals surface area contributed by atoms with Crippen molar-refractivity contribution in [3.05, 3.63) is 17.9 Å². The van der Waals surface area contributed by atoms with Gasteiger partial charge in [0.15, 0.2) is 11.6 Å². The third-order valence-corrected chi connectivity index (χ3v) is 2.71. The molecular weight excluding hydrogens is 211 g/mol. The van der Waals surface area contributed by atoms with E-state index in [0.717, 1.165) is 13.1 Å². The summed E-state index contributed by atoms with van der Waals surface area (Å²) in [5.74, 6) is -0.379. The first kappa shape index (κ1) is 11.0. The minimum absolute atomic E-state index is 0.0415. The first-order valence-corrected chi connectivity index (χ1v) is 5.25. The summed E-state index contributed by atoms with van der Waals surface area (Å²) in [6.07, 6.45) is 0. The predicted molar refractivity (Wildman–Crippen MR) is 59.7 cm³/mol. The number of halogens is 1. The van der Waals surface area contributed by atoms with Crippen LogP contribution < -0.4 is 15.0 Å². The van der Waals surface area contributed by atoms with Crippen molar-refractivity contribution in [1.29, 1.82) is 0 Å². The number of hydrogen-bond acceptors (Lipinski definition) is 4. The lowest BCUT2D eigenvalue weighted by molar-refractivity contribution is 0.381. The molecule has 0 aromatic heterocycles. The second-order valence-electron chi connectivity index (χ2n) is 3.69. The summed E-state index contributed by atoms with van der Waals surface area (Å²) in [6, 6.07) is 2.88. The fraction of sp³-hybridized carbons (Fsp3) is 0.455. The van der Waals surface area contributed by atoms with Gasteiger partial charge in [-0.3, -0.25) is 0 Å². The molecule has 88 valence electrons. The molecule has 0 spiro atoms. The monoisotopic (exact) mass is 226 g/mol. The van der Waals surface area contributed by atoms with Crippen molar-refractivity contribution in [3.63, 3.8) is 0 Å². The van der Waals surface area contributed by atoms with Gasteiger partial charge in [0.2, 0.25) is 0 Å². The number of hydrogen-bond donors (Lipinski definition) is 2. The molecule has 1 heterocycles. The van der Waals surface area contributed by atoms with Crippen molar-refractivity contribution < 1.29 is 14.2 Å². The number of ether oxygens (including phenoxy) is 1. The predicted octanol–water partition coefficient (Wildman–Crippen LogP) is 0.950. The van der Waals surface area contributed by atoms with E-state index in [2.05, 4.69) is 5.32 Å². The Morgan fingerprint density at radius 3 is 2.69 bits per heavy atom. The molecule has 1 aliphatic rings. The number of piperazine rings is 1. The Hall–Kier alpha value is -1.49. The Morgan fingerprint density at radius 1 is 1.38 bits per heavy atom. The van der Waals surface area contributed by atoms with E-state index in [1.807, 2.05) is 4.90 Å². The third kappa shape index (κ3) is 1.90. The van der Waals surface area contributed by atoms with Crippen LogP contribution in [-0.2, 0) is 0 Å². The summed E-state index contributed by atoms with van der Waals surface area (Å²) in [5.41, 5.74) is 0.237. The molecule has 1 aliphatic heterocycles. The molecule has 1 aromatic rings. The van der Waals surface area contributed by atoms with Crippen LogP contribution in [0.1, 0.15) is 0 Å². The highest BCUT2D eigenvalue weighted by Gasteiger charge is 2.21. The average molecular weight is 226 g/mol. The van der Waals surface area contributed by atoms with Gasteiger partial charge < -0.3 is 20.1 Å². The number of methoxy groups -OCH3 is 1. The zero-order chi connectivity index (χ0) is 11.5. The summed E-state index contributed by atoms with van der Waals surface area (Å²) in [6.45, 7) is 2.93. The van der Waals surface area contributed by atoms with E-state index in [4.69, 9.17) is 4.74 Å². The van der Waals surface area contributed by atoms with Crippen LogP contribution in [0.25, 0.3) is 0 Å². The molecule has 0 bridgehead atoms. The van der Waals surface area contributed by atoms with Crippen LogP contribution in [0.2, 0.25) is 0 Å². The molecule has 2 rings (SSSR count). The number of nitrogens with one attached hydrogen (secondary N) is 1. The van der Waals surface area contributed by atoms with Crippen LogP contribution in [-0.4, -0.2) is 38.4 Å². The van der Waals surface area contributed by atoms with Crippen molar-refractivity contribution in [2.45, 2.75) is 0 Å². The number of rotatable bonds is 2. The van der Waals surface area contributed by atoms with Crippen LogP contribution in [0, 0.1) is 5.82 Å². The van der Waals surface area contributed by atoms with E-state index in [0.29, 0.717) is 13.1 Å². The Bertz CT molecular complexity index is 378. The molecule has 0 saturated carbocycles. The minimum Gasteiger partial charge on any atom is -0.506 e. The van der Waals surface area contributed by atoms with Crippen LogP contribution in [0.4, 0.5) is 10.1 Å². The van der Waals surface area contributed by atoms with Gasteiger partial charge >= 0.3 is 0 Å². The molecule has 5 heteroatoms. The molecule has 16 heavy (non-hydrogen) atoms. The molecule has 0 aliphatic carbocycles. The highest BCUT2D eigenvalue weighted by atomic mass is 19.1. The van der Waals surface area contributed by atoms with Gasteiger partial charge in [0.25, 0.3) is 0 Å². The van der Waals surface area contributed by atoms with Gasteiger partial charge in [-0.1, -0.05) is 0 Å². The fourth-order valence-electron chi connectivity index (χ4n) is 1.88. The van der Waals surface area contributed by atoms with Crippen molar-refractivity contribution in [2.75, 3.05) is 38.2 Å². The van der Waals surface area contributed by atoms with Gasteiger partial charge in [-0.2, -0.15) is 0 Å². The average Bonchev–Trinajstić information content (AvgIpc) is 2.31. The van der Waals surface area contributed by atoms with Gasteiger partial charge in [0, 0.05) is 26.2 Å². The normalized spacial score (nSPS) is 16.2. The quantitative estimate of drug-likeness (QED) is 0.788. The lowest BCUT2D eigenvalue weighted by atomic mass is 10.2. The van der Waals surface area contributed by atoms with E-state index in [9.17, 15) is 9.50 Å². The maximum Gasteiger partial charge on any atom is 0.192 e. The fourth-order valence-corrected chi connectivity index (χ4v) is 1.88. The summed E-state index contributed by atoms with van der Waals surface area (Å²) in [5, 5.41) is 12.9. The van der Waals surface area contributed by atoms with E-state index >= 15 is 0 Å². The minimum atomic E-state index is -0.496. The summed E-state index contributed by atoms with van der Waals surface area (Å²) < 4.78 is 18.9. The van der Waals surface area contributed by atoms with Crippen LogP contribution in [0.5, 0.6) is 11.5 Å². The van der Waals surface area contributed by atoms with Gasteiger partial charge in [-0.25, -0.2) is 4.39 Å². The van der Waals surface area contributed by atoms with E-state index < -0.39 is 5.82 Å². The molecule has 0 amide bonds. The van der Waals surface area contributed by atoms with Gasteiger partial charge in [0.05, 0.1) is 7.11 Å². The summed E-state index contributed by atoms with van der Waals surface area (Å²) in [4.78, 5) is 1.82. The number of phenolic OH excluding ortho intramolecular Hbond substituents is 1. The molecule has 1 aromatic carbocycles. The molecular formula is C11H15FN2O2. The van der Waals surface area contributed by atoms with Crippen molar-refractivity contribution in [2.24, 2.45) is 0 Å². The SMILES string of the molecule is COc1ccc(O)c(N2CCNCC2)c1F. The van der Waals surface area contributed by atoms with Crippen LogP contribution in [0.3, 0.4) is 0 Å². The largest absolute Gasteiger partial charge is 0.506 e. The maximum atomic E-state index is 14.0. The third-order valence-electron chi connectivity index (χ3n) is 2.71. The standard InChI is InChI=1S/C11H15FN2O2/c1-16-9-3-2-8(15)11(10(9)12)14-6-4-13-5-7-14/h2-3,13,15H,4-7H2,1H3. The van der Waals surface area contributed by atoms with Gasteiger partial charge in [0.1, 0.15) is 11.4 Å². The number of benzene rings is 1. The molecule has 2 N–H and O–H groups in total. The highest BCUT2D eigenvalue weighted by molar-refractivity contribution is 5.62. The summed E-state index contributed by atoms with van der Waals surface area (Å²) >= 11 is 0.